The zero-order valence-corrected chi connectivity index (χ0v) is 9.15. The molecule has 1 aromatic carbocycles. The molecule has 14 heavy (non-hydrogen) atoms. The number of halogens is 2. The highest BCUT2D eigenvalue weighted by Gasteiger charge is 2.08. The van der Waals surface area contributed by atoms with Gasteiger partial charge in [0, 0.05) is 10.0 Å². The molecule has 1 N–H and O–H groups in total. The standard InChI is InChI=1S/C8H4BrFN2OS/c9-6-2-1-4(10)3-5(6)7-11-8(14)13-12-7/h1-3H,(H,11,12,14). The van der Waals surface area contributed by atoms with E-state index in [0.29, 0.717) is 11.4 Å². The summed E-state index contributed by atoms with van der Waals surface area (Å²) in [6.45, 7) is 0. The lowest BCUT2D eigenvalue weighted by Gasteiger charge is -1.98. The molecule has 0 saturated heterocycles. The average molecular weight is 275 g/mol. The molecule has 2 rings (SSSR count). The Morgan fingerprint density at radius 3 is 2.93 bits per heavy atom. The lowest BCUT2D eigenvalue weighted by atomic mass is 10.2. The van der Waals surface area contributed by atoms with Gasteiger partial charge >= 0.3 is 4.84 Å². The number of aromatic amines is 1. The summed E-state index contributed by atoms with van der Waals surface area (Å²) in [6.07, 6.45) is 0. The van der Waals surface area contributed by atoms with Crippen LogP contribution in [0.3, 0.4) is 0 Å². The Hall–Kier alpha value is -1.01. The van der Waals surface area contributed by atoms with Crippen LogP contribution in [0.5, 0.6) is 0 Å². The summed E-state index contributed by atoms with van der Waals surface area (Å²) in [5.74, 6) is 0.0619. The van der Waals surface area contributed by atoms with Crippen molar-refractivity contribution >= 4 is 28.1 Å². The van der Waals surface area contributed by atoms with Gasteiger partial charge in [-0.2, -0.15) is 4.98 Å². The van der Waals surface area contributed by atoms with Gasteiger partial charge in [-0.05, 0) is 30.4 Å². The Bertz CT molecular complexity index is 522. The van der Waals surface area contributed by atoms with Gasteiger partial charge in [-0.1, -0.05) is 15.9 Å². The van der Waals surface area contributed by atoms with Gasteiger partial charge in [0.15, 0.2) is 5.82 Å². The van der Waals surface area contributed by atoms with Crippen molar-refractivity contribution in [1.29, 1.82) is 0 Å². The van der Waals surface area contributed by atoms with Gasteiger partial charge in [0.2, 0.25) is 0 Å². The molecular formula is C8H4BrFN2OS. The van der Waals surface area contributed by atoms with Crippen molar-refractivity contribution in [2.75, 3.05) is 0 Å². The minimum absolute atomic E-state index is 0.0937. The normalized spacial score (nSPS) is 10.4. The van der Waals surface area contributed by atoms with Crippen molar-refractivity contribution in [3.05, 3.63) is 33.3 Å². The molecule has 0 aliphatic carbocycles. The van der Waals surface area contributed by atoms with Gasteiger partial charge in [-0.25, -0.2) is 9.55 Å². The van der Waals surface area contributed by atoms with Crippen molar-refractivity contribution in [2.45, 2.75) is 0 Å². The molecule has 0 amide bonds. The Labute approximate surface area is 92.1 Å². The van der Waals surface area contributed by atoms with Crippen molar-refractivity contribution in [1.82, 2.24) is 10.1 Å². The fourth-order valence-corrected chi connectivity index (χ4v) is 1.59. The van der Waals surface area contributed by atoms with Crippen LogP contribution in [0.1, 0.15) is 0 Å². The third kappa shape index (κ3) is 1.76. The van der Waals surface area contributed by atoms with Crippen LogP contribution in [-0.4, -0.2) is 10.1 Å². The maximum Gasteiger partial charge on any atom is 0.314 e. The number of benzene rings is 1. The fourth-order valence-electron chi connectivity index (χ4n) is 1.02. The van der Waals surface area contributed by atoms with Gasteiger partial charge in [-0.15, -0.1) is 0 Å². The first-order valence-corrected chi connectivity index (χ1v) is 4.88. The zero-order valence-electron chi connectivity index (χ0n) is 6.75. The van der Waals surface area contributed by atoms with E-state index in [9.17, 15) is 4.39 Å². The molecule has 0 aliphatic heterocycles. The SMILES string of the molecule is Fc1ccc(Br)c(-c2nc(=S)o[nH]2)c1. The predicted octanol–water partition coefficient (Wildman–Crippen LogP) is 3.30. The molecule has 0 atom stereocenters. The minimum atomic E-state index is -0.342. The second-order valence-electron chi connectivity index (χ2n) is 2.55. The van der Waals surface area contributed by atoms with Crippen molar-refractivity contribution in [3.8, 4) is 11.4 Å². The van der Waals surface area contributed by atoms with E-state index in [1.165, 1.54) is 12.1 Å². The molecule has 0 aliphatic rings. The number of hydrogen-bond acceptors (Lipinski definition) is 3. The van der Waals surface area contributed by atoms with Crippen molar-refractivity contribution < 1.29 is 8.91 Å². The summed E-state index contributed by atoms with van der Waals surface area (Å²) in [6, 6.07) is 4.28. The van der Waals surface area contributed by atoms with E-state index in [2.05, 4.69) is 26.1 Å². The summed E-state index contributed by atoms with van der Waals surface area (Å²) in [4.78, 5) is 3.97. The summed E-state index contributed by atoms with van der Waals surface area (Å²) in [5.41, 5.74) is 0.574. The van der Waals surface area contributed by atoms with E-state index in [-0.39, 0.29) is 10.7 Å². The summed E-state index contributed by atoms with van der Waals surface area (Å²) < 4.78 is 18.4. The lowest BCUT2D eigenvalue weighted by Crippen LogP contribution is -1.84. The predicted molar refractivity (Wildman–Crippen MR) is 54.8 cm³/mol. The van der Waals surface area contributed by atoms with Crippen LogP contribution >= 0.6 is 28.1 Å². The quantitative estimate of drug-likeness (QED) is 0.812. The number of H-pyrrole nitrogens is 1. The Morgan fingerprint density at radius 2 is 2.29 bits per heavy atom. The van der Waals surface area contributed by atoms with E-state index in [1.54, 1.807) is 6.07 Å². The molecule has 0 radical (unpaired) electrons. The molecule has 1 heterocycles. The number of nitrogens with one attached hydrogen (secondary N) is 1. The van der Waals surface area contributed by atoms with Gasteiger partial charge in [0.25, 0.3) is 0 Å². The van der Waals surface area contributed by atoms with E-state index in [1.807, 2.05) is 0 Å². The first-order valence-electron chi connectivity index (χ1n) is 3.68. The number of nitrogens with zero attached hydrogens (tertiary/aromatic N) is 1. The van der Waals surface area contributed by atoms with Crippen molar-refractivity contribution in [3.63, 3.8) is 0 Å². The second kappa shape index (κ2) is 3.62. The van der Waals surface area contributed by atoms with Crippen LogP contribution in [0.4, 0.5) is 4.39 Å². The molecule has 0 saturated carbocycles. The number of hydrogen-bond donors (Lipinski definition) is 1. The monoisotopic (exact) mass is 274 g/mol. The smallest absolute Gasteiger partial charge is 0.314 e. The highest BCUT2D eigenvalue weighted by molar-refractivity contribution is 9.10. The number of aromatic nitrogens is 2. The van der Waals surface area contributed by atoms with Crippen LogP contribution in [0, 0.1) is 10.7 Å². The third-order valence-corrected chi connectivity index (χ3v) is 2.49. The van der Waals surface area contributed by atoms with E-state index < -0.39 is 0 Å². The molecular weight excluding hydrogens is 271 g/mol. The van der Waals surface area contributed by atoms with Crippen LogP contribution in [0.25, 0.3) is 11.4 Å². The molecule has 0 spiro atoms. The maximum absolute atomic E-state index is 12.9. The van der Waals surface area contributed by atoms with Gasteiger partial charge in [-0.3, -0.25) is 0 Å². The molecule has 3 nitrogen and oxygen atoms in total. The minimum Gasteiger partial charge on any atom is -0.348 e. The van der Waals surface area contributed by atoms with Gasteiger partial charge in [0.1, 0.15) is 5.82 Å². The van der Waals surface area contributed by atoms with E-state index >= 15 is 0 Å². The topological polar surface area (TPSA) is 41.8 Å². The summed E-state index contributed by atoms with van der Waals surface area (Å²) in [5, 5.41) is 2.50. The van der Waals surface area contributed by atoms with Crippen molar-refractivity contribution in [2.24, 2.45) is 0 Å². The van der Waals surface area contributed by atoms with Gasteiger partial charge < -0.3 is 4.52 Å². The molecule has 0 bridgehead atoms. The van der Waals surface area contributed by atoms with Gasteiger partial charge in [0.05, 0.1) is 0 Å². The molecule has 0 fully saturated rings. The van der Waals surface area contributed by atoms with E-state index in [4.69, 9.17) is 16.7 Å². The average Bonchev–Trinajstić information content (AvgIpc) is 2.56. The second-order valence-corrected chi connectivity index (χ2v) is 3.76. The molecule has 2 aromatic rings. The third-order valence-electron chi connectivity index (χ3n) is 1.62. The first-order chi connectivity index (χ1) is 6.66. The zero-order chi connectivity index (χ0) is 10.1. The molecule has 6 heteroatoms. The largest absolute Gasteiger partial charge is 0.348 e. The van der Waals surface area contributed by atoms with Crippen LogP contribution < -0.4 is 0 Å². The van der Waals surface area contributed by atoms with E-state index in [0.717, 1.165) is 4.47 Å². The first kappa shape index (κ1) is 9.54. The maximum atomic E-state index is 12.9. The molecule has 0 unspecified atom stereocenters. The fraction of sp³-hybridized carbons (Fsp3) is 0. The molecule has 1 aromatic heterocycles. The Balaban J connectivity index is 2.61. The molecule has 72 valence electrons. The Morgan fingerprint density at radius 1 is 1.50 bits per heavy atom. The Kier molecular flexibility index (Phi) is 2.47. The summed E-state index contributed by atoms with van der Waals surface area (Å²) in [7, 11) is 0. The van der Waals surface area contributed by atoms with Crippen LogP contribution in [0.2, 0.25) is 0 Å². The highest BCUT2D eigenvalue weighted by atomic mass is 79.9. The highest BCUT2D eigenvalue weighted by Crippen LogP contribution is 2.26. The number of rotatable bonds is 1. The van der Waals surface area contributed by atoms with Crippen LogP contribution in [0.15, 0.2) is 27.2 Å². The summed E-state index contributed by atoms with van der Waals surface area (Å²) >= 11 is 7.96. The lowest BCUT2D eigenvalue weighted by molar-refractivity contribution is 0.406. The van der Waals surface area contributed by atoms with Crippen LogP contribution in [-0.2, 0) is 0 Å².